The molecule has 2 amide bonds. The van der Waals surface area contributed by atoms with Crippen molar-refractivity contribution in [2.75, 3.05) is 11.6 Å². The molecule has 0 spiro atoms. The van der Waals surface area contributed by atoms with Crippen molar-refractivity contribution in [2.45, 2.75) is 77.3 Å². The lowest BCUT2D eigenvalue weighted by Gasteiger charge is -2.27. The first-order valence-corrected chi connectivity index (χ1v) is 12.7. The van der Waals surface area contributed by atoms with Crippen LogP contribution in [-0.2, 0) is 26.9 Å². The molecule has 2 aromatic carbocycles. The Bertz CT molecular complexity index is 939. The van der Waals surface area contributed by atoms with Crippen molar-refractivity contribution in [3.63, 3.8) is 0 Å². The molecule has 0 saturated carbocycles. The summed E-state index contributed by atoms with van der Waals surface area (Å²) in [7, 11) is -1.04. The van der Waals surface area contributed by atoms with Crippen LogP contribution in [0.3, 0.4) is 0 Å². The third kappa shape index (κ3) is 6.76. The van der Waals surface area contributed by atoms with Crippen LogP contribution in [0.1, 0.15) is 76.5 Å². The Morgan fingerprint density at radius 2 is 1.44 bits per heavy atom. The number of para-hydroxylation sites is 1. The maximum Gasteiger partial charge on any atom is 0.233 e. The number of rotatable bonds is 9. The van der Waals surface area contributed by atoms with E-state index in [1.54, 1.807) is 11.2 Å². The van der Waals surface area contributed by atoms with Crippen LogP contribution in [0.25, 0.3) is 0 Å². The fourth-order valence-electron chi connectivity index (χ4n) is 3.66. The van der Waals surface area contributed by atoms with Gasteiger partial charge in [-0.25, -0.2) is 0 Å². The Kier molecular flexibility index (Phi) is 9.20. The summed E-state index contributed by atoms with van der Waals surface area (Å²) in [4.78, 5) is 28.4. The summed E-state index contributed by atoms with van der Waals surface area (Å²) in [6.07, 6.45) is 1.43. The SMILES string of the molecule is CC(C)c1cccc(C(C)C)c1NC(=O)CC(=O)N(Cc1ccc(S(C)=O)cc1)C(C)C. The largest absolute Gasteiger partial charge is 0.336 e. The predicted octanol–water partition coefficient (Wildman–Crippen LogP) is 5.44. The second-order valence-electron chi connectivity index (χ2n) is 9.06. The van der Waals surface area contributed by atoms with Crippen molar-refractivity contribution in [2.24, 2.45) is 0 Å². The molecule has 0 aliphatic heterocycles. The molecule has 0 aliphatic rings. The number of nitrogens with zero attached hydrogens (tertiary/aromatic N) is 1. The summed E-state index contributed by atoms with van der Waals surface area (Å²) in [6.45, 7) is 12.7. The second-order valence-corrected chi connectivity index (χ2v) is 10.4. The van der Waals surface area contributed by atoms with Gasteiger partial charge in [-0.1, -0.05) is 58.0 Å². The van der Waals surface area contributed by atoms with Crippen LogP contribution in [0.2, 0.25) is 0 Å². The molecule has 0 radical (unpaired) electrons. The Balaban J connectivity index is 2.16. The van der Waals surface area contributed by atoms with Crippen LogP contribution in [0.15, 0.2) is 47.4 Å². The van der Waals surface area contributed by atoms with Crippen molar-refractivity contribution in [1.82, 2.24) is 4.90 Å². The fraction of sp³-hybridized carbons (Fsp3) is 0.462. The Hall–Kier alpha value is -2.47. The maximum absolute atomic E-state index is 13.0. The molecule has 0 heterocycles. The van der Waals surface area contributed by atoms with Gasteiger partial charge in [0.05, 0.1) is 0 Å². The number of hydrogen-bond acceptors (Lipinski definition) is 3. The van der Waals surface area contributed by atoms with Gasteiger partial charge in [-0.2, -0.15) is 0 Å². The van der Waals surface area contributed by atoms with Crippen LogP contribution in [0, 0.1) is 0 Å². The van der Waals surface area contributed by atoms with Crippen LogP contribution in [0.4, 0.5) is 5.69 Å². The van der Waals surface area contributed by atoms with Crippen molar-refractivity contribution in [3.8, 4) is 0 Å². The van der Waals surface area contributed by atoms with Gasteiger partial charge in [-0.05, 0) is 54.5 Å². The van der Waals surface area contributed by atoms with E-state index in [0.29, 0.717) is 6.54 Å². The van der Waals surface area contributed by atoms with E-state index in [-0.39, 0.29) is 36.1 Å². The van der Waals surface area contributed by atoms with Crippen LogP contribution >= 0.6 is 0 Å². The van der Waals surface area contributed by atoms with Crippen LogP contribution in [0.5, 0.6) is 0 Å². The van der Waals surface area contributed by atoms with Crippen molar-refractivity contribution in [3.05, 3.63) is 59.2 Å². The van der Waals surface area contributed by atoms with E-state index in [1.165, 1.54) is 0 Å². The second kappa shape index (κ2) is 11.4. The van der Waals surface area contributed by atoms with Crippen LogP contribution < -0.4 is 5.32 Å². The van der Waals surface area contributed by atoms with Crippen molar-refractivity contribution in [1.29, 1.82) is 0 Å². The molecule has 6 heteroatoms. The molecular formula is C26H36N2O3S. The van der Waals surface area contributed by atoms with E-state index in [4.69, 9.17) is 0 Å². The number of carbonyl (C=O) groups excluding carboxylic acids is 2. The van der Waals surface area contributed by atoms with Gasteiger partial charge in [-0.3, -0.25) is 13.8 Å². The molecule has 174 valence electrons. The third-order valence-electron chi connectivity index (χ3n) is 5.50. The molecule has 0 aliphatic carbocycles. The van der Waals surface area contributed by atoms with Crippen molar-refractivity contribution >= 4 is 28.3 Å². The number of carbonyl (C=O) groups is 2. The average molecular weight is 457 g/mol. The molecule has 0 bridgehead atoms. The molecule has 1 N–H and O–H groups in total. The minimum Gasteiger partial charge on any atom is -0.336 e. The van der Waals surface area contributed by atoms with Gasteiger partial charge in [0.25, 0.3) is 0 Å². The number of hydrogen-bond donors (Lipinski definition) is 1. The molecular weight excluding hydrogens is 420 g/mol. The summed E-state index contributed by atoms with van der Waals surface area (Å²) in [5.41, 5.74) is 3.92. The Labute approximate surface area is 195 Å². The molecule has 0 saturated heterocycles. The molecule has 0 fully saturated rings. The van der Waals surface area contributed by atoms with E-state index in [2.05, 4.69) is 33.0 Å². The minimum atomic E-state index is -1.04. The Morgan fingerprint density at radius 3 is 1.88 bits per heavy atom. The van der Waals surface area contributed by atoms with Gasteiger partial charge in [0.15, 0.2) is 0 Å². The lowest BCUT2D eigenvalue weighted by molar-refractivity contribution is -0.136. The first kappa shape index (κ1) is 25.8. The topological polar surface area (TPSA) is 66.5 Å². The number of benzene rings is 2. The zero-order valence-electron chi connectivity index (χ0n) is 20.3. The van der Waals surface area contributed by atoms with Crippen LogP contribution in [-0.4, -0.2) is 33.2 Å². The molecule has 32 heavy (non-hydrogen) atoms. The van der Waals surface area contributed by atoms with Gasteiger partial charge in [-0.15, -0.1) is 0 Å². The molecule has 5 nitrogen and oxygen atoms in total. The zero-order chi connectivity index (χ0) is 24.0. The molecule has 1 atom stereocenters. The lowest BCUT2D eigenvalue weighted by atomic mass is 9.92. The van der Waals surface area contributed by atoms with Gasteiger partial charge < -0.3 is 10.2 Å². The average Bonchev–Trinajstić information content (AvgIpc) is 2.71. The minimum absolute atomic E-state index is 0.0514. The van der Waals surface area contributed by atoms with E-state index in [0.717, 1.165) is 27.3 Å². The van der Waals surface area contributed by atoms with Gasteiger partial charge in [0.2, 0.25) is 11.8 Å². The monoisotopic (exact) mass is 456 g/mol. The quantitative estimate of drug-likeness (QED) is 0.511. The maximum atomic E-state index is 13.0. The zero-order valence-corrected chi connectivity index (χ0v) is 21.1. The van der Waals surface area contributed by atoms with Crippen molar-refractivity contribution < 1.29 is 13.8 Å². The third-order valence-corrected chi connectivity index (χ3v) is 6.44. The summed E-state index contributed by atoms with van der Waals surface area (Å²) in [6, 6.07) is 13.4. The molecule has 0 aromatic heterocycles. The lowest BCUT2D eigenvalue weighted by Crippen LogP contribution is -2.38. The highest BCUT2D eigenvalue weighted by Crippen LogP contribution is 2.32. The molecule has 1 unspecified atom stereocenters. The van der Waals surface area contributed by atoms with Gasteiger partial charge >= 0.3 is 0 Å². The fourth-order valence-corrected chi connectivity index (χ4v) is 4.18. The summed E-state index contributed by atoms with van der Waals surface area (Å²) < 4.78 is 11.6. The Morgan fingerprint density at radius 1 is 0.906 bits per heavy atom. The van der Waals surface area contributed by atoms with Gasteiger partial charge in [0, 0.05) is 40.2 Å². The predicted molar refractivity (Wildman–Crippen MR) is 132 cm³/mol. The number of anilines is 1. The highest BCUT2D eigenvalue weighted by molar-refractivity contribution is 7.84. The van der Waals surface area contributed by atoms with Gasteiger partial charge in [0.1, 0.15) is 6.42 Å². The number of nitrogens with one attached hydrogen (secondary N) is 1. The molecule has 2 rings (SSSR count). The summed E-state index contributed by atoms with van der Waals surface area (Å²) in [5.74, 6) is 0.000668. The first-order valence-electron chi connectivity index (χ1n) is 11.2. The molecule has 2 aromatic rings. The first-order chi connectivity index (χ1) is 15.0. The smallest absolute Gasteiger partial charge is 0.233 e. The highest BCUT2D eigenvalue weighted by atomic mass is 32.2. The van der Waals surface area contributed by atoms with E-state index < -0.39 is 10.8 Å². The normalized spacial score (nSPS) is 12.3. The van der Waals surface area contributed by atoms with E-state index in [1.807, 2.05) is 56.3 Å². The van der Waals surface area contributed by atoms with E-state index in [9.17, 15) is 13.8 Å². The summed E-state index contributed by atoms with van der Waals surface area (Å²) in [5, 5.41) is 3.03. The van der Waals surface area contributed by atoms with E-state index >= 15 is 0 Å². The highest BCUT2D eigenvalue weighted by Gasteiger charge is 2.22. The standard InChI is InChI=1S/C26H36N2O3S/c1-17(2)22-9-8-10-23(18(3)4)26(22)27-24(29)15-25(30)28(19(5)6)16-20-11-13-21(14-12-20)32(7)31/h8-14,17-19H,15-16H2,1-7H3,(H,27,29). The summed E-state index contributed by atoms with van der Waals surface area (Å²) >= 11 is 0. The number of amides is 2.